The van der Waals surface area contributed by atoms with Gasteiger partial charge in [-0.05, 0) is 30.9 Å². The SMILES string of the molecule is Cc1ccc2nc(CSCC(=O)N3CCC(C)C(O)C3)cn2c1. The molecule has 1 aliphatic heterocycles. The second-order valence-electron chi connectivity index (χ2n) is 6.37. The summed E-state index contributed by atoms with van der Waals surface area (Å²) in [7, 11) is 0. The molecule has 2 atom stereocenters. The normalized spacial score (nSPS) is 21.8. The minimum absolute atomic E-state index is 0.112. The van der Waals surface area contributed by atoms with Crippen LogP contribution in [0, 0.1) is 12.8 Å². The maximum atomic E-state index is 12.2. The van der Waals surface area contributed by atoms with E-state index in [1.165, 1.54) is 5.56 Å². The number of piperidine rings is 1. The van der Waals surface area contributed by atoms with Crippen molar-refractivity contribution >= 4 is 23.3 Å². The first kappa shape index (κ1) is 16.3. The van der Waals surface area contributed by atoms with Crippen molar-refractivity contribution in [2.75, 3.05) is 18.8 Å². The van der Waals surface area contributed by atoms with Gasteiger partial charge in [-0.1, -0.05) is 13.0 Å². The van der Waals surface area contributed by atoms with Crippen LogP contribution >= 0.6 is 11.8 Å². The highest BCUT2D eigenvalue weighted by Crippen LogP contribution is 2.19. The fourth-order valence-electron chi connectivity index (χ4n) is 2.83. The number of fused-ring (bicyclic) bond motifs is 1. The Morgan fingerprint density at radius 3 is 3.04 bits per heavy atom. The Labute approximate surface area is 140 Å². The number of nitrogens with zero attached hydrogens (tertiary/aromatic N) is 3. The van der Waals surface area contributed by atoms with E-state index in [0.29, 0.717) is 12.3 Å². The largest absolute Gasteiger partial charge is 0.391 e. The predicted octanol–water partition coefficient (Wildman–Crippen LogP) is 2.11. The van der Waals surface area contributed by atoms with Gasteiger partial charge in [0.05, 0.1) is 17.6 Å². The molecule has 124 valence electrons. The lowest BCUT2D eigenvalue weighted by Gasteiger charge is -2.34. The van der Waals surface area contributed by atoms with Crippen LogP contribution in [-0.4, -0.2) is 50.2 Å². The van der Waals surface area contributed by atoms with Crippen molar-refractivity contribution in [3.63, 3.8) is 0 Å². The molecule has 1 N–H and O–H groups in total. The topological polar surface area (TPSA) is 57.8 Å². The Kier molecular flexibility index (Phi) is 4.92. The third-order valence-electron chi connectivity index (χ3n) is 4.40. The van der Waals surface area contributed by atoms with E-state index < -0.39 is 0 Å². The summed E-state index contributed by atoms with van der Waals surface area (Å²) in [4.78, 5) is 18.6. The number of hydrogen-bond donors (Lipinski definition) is 1. The first-order chi connectivity index (χ1) is 11.0. The van der Waals surface area contributed by atoms with Gasteiger partial charge in [0.15, 0.2) is 0 Å². The van der Waals surface area contributed by atoms with Crippen molar-refractivity contribution in [3.8, 4) is 0 Å². The van der Waals surface area contributed by atoms with Crippen molar-refractivity contribution in [2.45, 2.75) is 32.1 Å². The molecule has 0 spiro atoms. The van der Waals surface area contributed by atoms with Gasteiger partial charge in [-0.2, -0.15) is 0 Å². The van der Waals surface area contributed by atoms with Crippen molar-refractivity contribution < 1.29 is 9.90 Å². The van der Waals surface area contributed by atoms with Crippen molar-refractivity contribution in [1.82, 2.24) is 14.3 Å². The van der Waals surface area contributed by atoms with Gasteiger partial charge in [-0.3, -0.25) is 4.79 Å². The van der Waals surface area contributed by atoms with Crippen LogP contribution in [0.4, 0.5) is 0 Å². The summed E-state index contributed by atoms with van der Waals surface area (Å²) in [5, 5.41) is 9.89. The number of hydrogen-bond acceptors (Lipinski definition) is 4. The number of carbonyl (C=O) groups is 1. The molecule has 3 heterocycles. The van der Waals surface area contributed by atoms with E-state index in [4.69, 9.17) is 0 Å². The molecule has 0 aromatic carbocycles. The summed E-state index contributed by atoms with van der Waals surface area (Å²) in [6.45, 7) is 5.31. The molecule has 5 nitrogen and oxygen atoms in total. The van der Waals surface area contributed by atoms with E-state index in [1.807, 2.05) is 29.7 Å². The zero-order valence-electron chi connectivity index (χ0n) is 13.6. The number of aromatic nitrogens is 2. The zero-order chi connectivity index (χ0) is 16.4. The predicted molar refractivity (Wildman–Crippen MR) is 92.5 cm³/mol. The zero-order valence-corrected chi connectivity index (χ0v) is 14.4. The molecule has 2 aromatic rings. The van der Waals surface area contributed by atoms with E-state index in [9.17, 15) is 9.90 Å². The number of aryl methyl sites for hydroxylation is 1. The molecule has 23 heavy (non-hydrogen) atoms. The highest BCUT2D eigenvalue weighted by molar-refractivity contribution is 7.99. The molecule has 3 rings (SSSR count). The standard InChI is InChI=1S/C17H23N3O2S/c1-12-3-4-16-18-14(8-20(16)7-12)10-23-11-17(22)19-6-5-13(2)15(21)9-19/h3-4,7-8,13,15,21H,5-6,9-11H2,1-2H3. The maximum Gasteiger partial charge on any atom is 0.232 e. The number of rotatable bonds is 4. The average Bonchev–Trinajstić information content (AvgIpc) is 2.91. The number of carbonyl (C=O) groups excluding carboxylic acids is 1. The van der Waals surface area contributed by atoms with Gasteiger partial charge in [-0.25, -0.2) is 4.98 Å². The lowest BCUT2D eigenvalue weighted by Crippen LogP contribution is -2.46. The smallest absolute Gasteiger partial charge is 0.232 e. The Bertz CT molecular complexity index is 700. The van der Waals surface area contributed by atoms with Gasteiger partial charge in [0, 0.05) is 31.2 Å². The summed E-state index contributed by atoms with van der Waals surface area (Å²) in [6, 6.07) is 4.05. The Hall–Kier alpha value is -1.53. The number of aliphatic hydroxyl groups is 1. The van der Waals surface area contributed by atoms with Crippen LogP contribution < -0.4 is 0 Å². The van der Waals surface area contributed by atoms with Crippen LogP contribution in [0.5, 0.6) is 0 Å². The summed E-state index contributed by atoms with van der Waals surface area (Å²) in [5.74, 6) is 1.56. The second-order valence-corrected chi connectivity index (χ2v) is 7.36. The second kappa shape index (κ2) is 6.93. The van der Waals surface area contributed by atoms with Crippen LogP contribution in [0.3, 0.4) is 0 Å². The van der Waals surface area contributed by atoms with Gasteiger partial charge in [0.25, 0.3) is 0 Å². The minimum atomic E-state index is -0.389. The van der Waals surface area contributed by atoms with Gasteiger partial charge >= 0.3 is 0 Å². The number of aliphatic hydroxyl groups excluding tert-OH is 1. The van der Waals surface area contributed by atoms with Gasteiger partial charge in [0.1, 0.15) is 5.65 Å². The molecule has 0 radical (unpaired) electrons. The van der Waals surface area contributed by atoms with Crippen LogP contribution in [0.15, 0.2) is 24.5 Å². The van der Waals surface area contributed by atoms with E-state index in [1.54, 1.807) is 16.7 Å². The molecule has 6 heteroatoms. The first-order valence-electron chi connectivity index (χ1n) is 8.01. The van der Waals surface area contributed by atoms with Crippen molar-refractivity contribution in [2.24, 2.45) is 5.92 Å². The van der Waals surface area contributed by atoms with Gasteiger partial charge in [0.2, 0.25) is 5.91 Å². The number of thioether (sulfide) groups is 1. The molecular weight excluding hydrogens is 310 g/mol. The molecule has 0 bridgehead atoms. The first-order valence-corrected chi connectivity index (χ1v) is 9.16. The van der Waals surface area contributed by atoms with Crippen LogP contribution in [0.1, 0.15) is 24.6 Å². The Morgan fingerprint density at radius 2 is 2.26 bits per heavy atom. The summed E-state index contributed by atoms with van der Waals surface area (Å²) in [6.07, 6.45) is 4.56. The number of likely N-dealkylation sites (tertiary alicyclic amines) is 1. The van der Waals surface area contributed by atoms with Crippen LogP contribution in [0.2, 0.25) is 0 Å². The summed E-state index contributed by atoms with van der Waals surface area (Å²) < 4.78 is 2.02. The molecule has 0 saturated carbocycles. The number of pyridine rings is 1. The molecule has 1 fully saturated rings. The van der Waals surface area contributed by atoms with Crippen molar-refractivity contribution in [3.05, 3.63) is 35.8 Å². The third-order valence-corrected chi connectivity index (χ3v) is 5.35. The molecule has 1 saturated heterocycles. The summed E-state index contributed by atoms with van der Waals surface area (Å²) >= 11 is 1.58. The lowest BCUT2D eigenvalue weighted by molar-refractivity contribution is -0.132. The van der Waals surface area contributed by atoms with Crippen LogP contribution in [-0.2, 0) is 10.5 Å². The van der Waals surface area contributed by atoms with E-state index in [2.05, 4.69) is 18.1 Å². The number of imidazole rings is 1. The fraction of sp³-hybridized carbons (Fsp3) is 0.529. The van der Waals surface area contributed by atoms with Crippen molar-refractivity contribution in [1.29, 1.82) is 0 Å². The minimum Gasteiger partial charge on any atom is -0.391 e. The molecule has 0 aliphatic carbocycles. The van der Waals surface area contributed by atoms with Gasteiger partial charge in [-0.15, -0.1) is 11.8 Å². The average molecular weight is 333 g/mol. The van der Waals surface area contributed by atoms with Crippen LogP contribution in [0.25, 0.3) is 5.65 Å². The third kappa shape index (κ3) is 3.87. The van der Waals surface area contributed by atoms with E-state index in [-0.39, 0.29) is 17.9 Å². The number of amides is 1. The molecule has 1 amide bonds. The fourth-order valence-corrected chi connectivity index (χ4v) is 3.64. The van der Waals surface area contributed by atoms with Gasteiger partial charge < -0.3 is 14.4 Å². The maximum absolute atomic E-state index is 12.2. The number of β-amino-alcohol motifs (C(OH)–C–C–N with tert-alkyl or cyclic N) is 1. The molecule has 1 aliphatic rings. The molecule has 2 aromatic heterocycles. The lowest BCUT2D eigenvalue weighted by atomic mass is 9.96. The Morgan fingerprint density at radius 1 is 1.43 bits per heavy atom. The Balaban J connectivity index is 1.51. The summed E-state index contributed by atoms with van der Waals surface area (Å²) in [5.41, 5.74) is 3.12. The monoisotopic (exact) mass is 333 g/mol. The molecular formula is C17H23N3O2S. The quantitative estimate of drug-likeness (QED) is 0.931. The molecule has 2 unspecified atom stereocenters. The van der Waals surface area contributed by atoms with E-state index in [0.717, 1.165) is 30.1 Å². The highest BCUT2D eigenvalue weighted by atomic mass is 32.2. The highest BCUT2D eigenvalue weighted by Gasteiger charge is 2.26. The van der Waals surface area contributed by atoms with E-state index >= 15 is 0 Å².